The number of aromatic amines is 1. The van der Waals surface area contributed by atoms with Crippen molar-refractivity contribution < 1.29 is 4.74 Å². The first kappa shape index (κ1) is 22.4. The number of ether oxygens (including phenoxy) is 1. The maximum atomic E-state index is 13.1. The van der Waals surface area contributed by atoms with E-state index in [1.165, 1.54) is 0 Å². The number of aromatic nitrogens is 4. The second kappa shape index (κ2) is 8.43. The highest BCUT2D eigenvalue weighted by Crippen LogP contribution is 2.36. The Balaban J connectivity index is 1.81. The molecular formula is C28H26N4O3. The highest BCUT2D eigenvalue weighted by Gasteiger charge is 2.18. The molecule has 4 aromatic heterocycles. The van der Waals surface area contributed by atoms with Crippen LogP contribution in [0.25, 0.3) is 44.4 Å². The lowest BCUT2D eigenvalue weighted by Gasteiger charge is -2.14. The van der Waals surface area contributed by atoms with Crippen molar-refractivity contribution in [1.82, 2.24) is 19.1 Å². The molecule has 5 aromatic rings. The quantitative estimate of drug-likeness (QED) is 0.420. The number of pyridine rings is 3. The zero-order chi connectivity index (χ0) is 24.9. The molecule has 35 heavy (non-hydrogen) atoms. The number of hydrogen-bond donors (Lipinski definition) is 1. The molecule has 4 heterocycles. The van der Waals surface area contributed by atoms with Crippen LogP contribution in [0.2, 0.25) is 0 Å². The maximum absolute atomic E-state index is 13.1. The van der Waals surface area contributed by atoms with Crippen molar-refractivity contribution in [3.05, 3.63) is 93.0 Å². The Morgan fingerprint density at radius 3 is 2.11 bits per heavy atom. The SMILES string of the molecule is COc1ccc(-c2cn(C)c(=O)cc2-c2cn(C)c(=O)c3[nH]c(-c4cc(C)nc(C)c4)cc23)cc1. The van der Waals surface area contributed by atoms with Gasteiger partial charge in [0.2, 0.25) is 0 Å². The molecule has 0 fully saturated rings. The Bertz CT molecular complexity index is 1690. The summed E-state index contributed by atoms with van der Waals surface area (Å²) in [5, 5.41) is 0.762. The van der Waals surface area contributed by atoms with Gasteiger partial charge < -0.3 is 18.9 Å². The highest BCUT2D eigenvalue weighted by atomic mass is 16.5. The van der Waals surface area contributed by atoms with Gasteiger partial charge >= 0.3 is 0 Å². The number of hydrogen-bond acceptors (Lipinski definition) is 4. The van der Waals surface area contributed by atoms with Crippen molar-refractivity contribution in [2.24, 2.45) is 14.1 Å². The first-order valence-electron chi connectivity index (χ1n) is 11.3. The third kappa shape index (κ3) is 3.95. The van der Waals surface area contributed by atoms with Gasteiger partial charge in [-0.1, -0.05) is 12.1 Å². The minimum absolute atomic E-state index is 0.129. The molecule has 0 saturated heterocycles. The summed E-state index contributed by atoms with van der Waals surface area (Å²) in [5.41, 5.74) is 7.20. The van der Waals surface area contributed by atoms with Crippen molar-refractivity contribution in [1.29, 1.82) is 0 Å². The number of rotatable bonds is 4. The van der Waals surface area contributed by atoms with E-state index in [0.717, 1.165) is 56.0 Å². The van der Waals surface area contributed by atoms with Crippen LogP contribution in [0.1, 0.15) is 11.4 Å². The van der Waals surface area contributed by atoms with Gasteiger partial charge in [0.1, 0.15) is 11.3 Å². The number of nitrogens with zero attached hydrogens (tertiary/aromatic N) is 3. The average Bonchev–Trinajstić information content (AvgIpc) is 3.28. The van der Waals surface area contributed by atoms with E-state index in [4.69, 9.17) is 4.74 Å². The van der Waals surface area contributed by atoms with Gasteiger partial charge in [0.15, 0.2) is 0 Å². The summed E-state index contributed by atoms with van der Waals surface area (Å²) in [7, 11) is 5.09. The first-order valence-corrected chi connectivity index (χ1v) is 11.3. The zero-order valence-electron chi connectivity index (χ0n) is 20.3. The molecule has 0 aliphatic carbocycles. The molecule has 0 aliphatic rings. The number of nitrogens with one attached hydrogen (secondary N) is 1. The van der Waals surface area contributed by atoms with E-state index in [9.17, 15) is 9.59 Å². The van der Waals surface area contributed by atoms with E-state index < -0.39 is 0 Å². The van der Waals surface area contributed by atoms with Gasteiger partial charge in [-0.2, -0.15) is 0 Å². The monoisotopic (exact) mass is 466 g/mol. The Morgan fingerprint density at radius 1 is 0.800 bits per heavy atom. The summed E-state index contributed by atoms with van der Waals surface area (Å²) in [4.78, 5) is 33.6. The average molecular weight is 467 g/mol. The molecule has 1 aromatic carbocycles. The smallest absolute Gasteiger partial charge is 0.274 e. The summed E-state index contributed by atoms with van der Waals surface area (Å²) in [6, 6.07) is 15.3. The fraction of sp³-hybridized carbons (Fsp3) is 0.179. The van der Waals surface area contributed by atoms with Crippen LogP contribution in [0.3, 0.4) is 0 Å². The van der Waals surface area contributed by atoms with Crippen molar-refractivity contribution in [2.75, 3.05) is 7.11 Å². The van der Waals surface area contributed by atoms with E-state index >= 15 is 0 Å². The zero-order valence-corrected chi connectivity index (χ0v) is 20.3. The number of methoxy groups -OCH3 is 1. The fourth-order valence-corrected chi connectivity index (χ4v) is 4.55. The summed E-state index contributed by atoms with van der Waals surface area (Å²) < 4.78 is 8.42. The van der Waals surface area contributed by atoms with Crippen LogP contribution in [0.5, 0.6) is 5.75 Å². The predicted molar refractivity (Wildman–Crippen MR) is 139 cm³/mol. The number of fused-ring (bicyclic) bond motifs is 1. The summed E-state index contributed by atoms with van der Waals surface area (Å²) in [5.74, 6) is 0.753. The van der Waals surface area contributed by atoms with Crippen molar-refractivity contribution >= 4 is 10.9 Å². The molecular weight excluding hydrogens is 440 g/mol. The molecule has 0 amide bonds. The van der Waals surface area contributed by atoms with Crippen LogP contribution in [-0.2, 0) is 14.1 Å². The van der Waals surface area contributed by atoms with Gasteiger partial charge in [-0.05, 0) is 55.3 Å². The van der Waals surface area contributed by atoms with Crippen molar-refractivity contribution in [2.45, 2.75) is 13.8 Å². The van der Waals surface area contributed by atoms with Crippen LogP contribution in [0.4, 0.5) is 0 Å². The summed E-state index contributed by atoms with van der Waals surface area (Å²) >= 11 is 0. The van der Waals surface area contributed by atoms with Gasteiger partial charge in [-0.3, -0.25) is 14.6 Å². The van der Waals surface area contributed by atoms with E-state index in [1.54, 1.807) is 42.6 Å². The molecule has 5 rings (SSSR count). The third-order valence-corrected chi connectivity index (χ3v) is 6.28. The first-order chi connectivity index (χ1) is 16.7. The lowest BCUT2D eigenvalue weighted by Crippen LogP contribution is -2.18. The van der Waals surface area contributed by atoms with Crippen molar-refractivity contribution in [3.8, 4) is 39.3 Å². The molecule has 0 saturated carbocycles. The molecule has 0 bridgehead atoms. The van der Waals surface area contributed by atoms with Crippen LogP contribution < -0.4 is 15.9 Å². The topological polar surface area (TPSA) is 81.9 Å². The van der Waals surface area contributed by atoms with E-state index in [0.29, 0.717) is 5.52 Å². The minimum atomic E-state index is -0.132. The van der Waals surface area contributed by atoms with Crippen LogP contribution in [0, 0.1) is 13.8 Å². The molecule has 0 unspecified atom stereocenters. The van der Waals surface area contributed by atoms with Gasteiger partial charge in [-0.25, -0.2) is 0 Å². The van der Waals surface area contributed by atoms with Crippen molar-refractivity contribution in [3.63, 3.8) is 0 Å². The molecule has 0 spiro atoms. The van der Waals surface area contributed by atoms with Gasteiger partial charge in [-0.15, -0.1) is 0 Å². The van der Waals surface area contributed by atoms with Crippen LogP contribution in [0.15, 0.2) is 70.5 Å². The summed E-state index contributed by atoms with van der Waals surface area (Å²) in [6.07, 6.45) is 3.63. The standard InChI is InChI=1S/C28H26N4O3/c1-16-10-19(11-17(2)29-16)25-12-22-24(15-32(4)28(34)27(22)30-25)21-13-26(33)31(3)14-23(21)18-6-8-20(35-5)9-7-18/h6-15,30H,1-5H3. The Morgan fingerprint density at radius 2 is 1.46 bits per heavy atom. The molecule has 0 radical (unpaired) electrons. The van der Waals surface area contributed by atoms with E-state index in [-0.39, 0.29) is 11.1 Å². The predicted octanol–water partition coefficient (Wildman–Crippen LogP) is 4.59. The highest BCUT2D eigenvalue weighted by molar-refractivity contribution is 6.00. The van der Waals surface area contributed by atoms with Crippen LogP contribution in [-0.4, -0.2) is 26.2 Å². The number of aryl methyl sites for hydroxylation is 4. The molecule has 1 N–H and O–H groups in total. The Kier molecular flexibility index (Phi) is 5.40. The Labute approximate surface area is 202 Å². The second-order valence-electron chi connectivity index (χ2n) is 8.85. The lowest BCUT2D eigenvalue weighted by molar-refractivity contribution is 0.415. The van der Waals surface area contributed by atoms with E-state index in [2.05, 4.69) is 9.97 Å². The van der Waals surface area contributed by atoms with Gasteiger partial charge in [0.25, 0.3) is 11.1 Å². The fourth-order valence-electron chi connectivity index (χ4n) is 4.55. The molecule has 7 heteroatoms. The normalized spacial score (nSPS) is 11.2. The molecule has 176 valence electrons. The minimum Gasteiger partial charge on any atom is -0.497 e. The number of H-pyrrole nitrogens is 1. The molecule has 0 aliphatic heterocycles. The molecule has 7 nitrogen and oxygen atoms in total. The summed E-state index contributed by atoms with van der Waals surface area (Å²) in [6.45, 7) is 3.90. The third-order valence-electron chi connectivity index (χ3n) is 6.28. The lowest BCUT2D eigenvalue weighted by atomic mass is 9.95. The van der Waals surface area contributed by atoms with E-state index in [1.807, 2.05) is 62.5 Å². The second-order valence-corrected chi connectivity index (χ2v) is 8.85. The van der Waals surface area contributed by atoms with Crippen LogP contribution >= 0.6 is 0 Å². The number of benzene rings is 1. The van der Waals surface area contributed by atoms with Gasteiger partial charge in [0, 0.05) is 71.7 Å². The largest absolute Gasteiger partial charge is 0.497 e. The Hall–Kier alpha value is -4.39. The maximum Gasteiger partial charge on any atom is 0.274 e. The molecule has 0 atom stereocenters. The van der Waals surface area contributed by atoms with Gasteiger partial charge in [0.05, 0.1) is 7.11 Å².